The summed E-state index contributed by atoms with van der Waals surface area (Å²) in [6.07, 6.45) is 1.49. The van der Waals surface area contributed by atoms with E-state index >= 15 is 0 Å². The largest absolute Gasteiger partial charge is 0.425 e. The van der Waals surface area contributed by atoms with Crippen molar-refractivity contribution in [3.05, 3.63) is 33.9 Å². The van der Waals surface area contributed by atoms with Crippen LogP contribution in [0.2, 0.25) is 0 Å². The van der Waals surface area contributed by atoms with Gasteiger partial charge in [0.1, 0.15) is 5.56 Å². The van der Waals surface area contributed by atoms with Gasteiger partial charge in [0.15, 0.2) is 5.75 Å². The fourth-order valence-corrected chi connectivity index (χ4v) is 1.31. The molecule has 1 aromatic carbocycles. The molecule has 0 N–H and O–H groups in total. The Morgan fingerprint density at radius 3 is 2.78 bits per heavy atom. The zero-order chi connectivity index (χ0) is 13.5. The van der Waals surface area contributed by atoms with Crippen molar-refractivity contribution in [2.75, 3.05) is 0 Å². The Kier molecular flexibility index (Phi) is 4.88. The second-order valence-corrected chi connectivity index (χ2v) is 3.55. The summed E-state index contributed by atoms with van der Waals surface area (Å²) >= 11 is 0. The van der Waals surface area contributed by atoms with Gasteiger partial charge in [0, 0.05) is 19.4 Å². The van der Waals surface area contributed by atoms with Gasteiger partial charge in [-0.25, -0.2) is 0 Å². The van der Waals surface area contributed by atoms with Crippen LogP contribution in [0.15, 0.2) is 18.2 Å². The highest BCUT2D eigenvalue weighted by Gasteiger charge is 2.17. The van der Waals surface area contributed by atoms with Crippen molar-refractivity contribution in [1.82, 2.24) is 0 Å². The van der Waals surface area contributed by atoms with Gasteiger partial charge >= 0.3 is 5.97 Å². The minimum Gasteiger partial charge on any atom is -0.425 e. The van der Waals surface area contributed by atoms with E-state index in [4.69, 9.17) is 4.74 Å². The van der Waals surface area contributed by atoms with Gasteiger partial charge in [-0.05, 0) is 12.5 Å². The van der Waals surface area contributed by atoms with Crippen LogP contribution in [0.3, 0.4) is 0 Å². The number of ether oxygens (including phenoxy) is 1. The average Bonchev–Trinajstić information content (AvgIpc) is 2.30. The SMILES string of the molecule is CCCC#Cc1c(OC(C)=O)cccc1[N+](=O)[O-]. The number of unbranched alkanes of at least 4 members (excludes halogenated alkanes) is 1. The Morgan fingerprint density at radius 2 is 2.22 bits per heavy atom. The van der Waals surface area contributed by atoms with Crippen LogP contribution in [0.4, 0.5) is 5.69 Å². The van der Waals surface area contributed by atoms with Crippen LogP contribution in [-0.2, 0) is 4.79 Å². The van der Waals surface area contributed by atoms with Crippen LogP contribution in [0.25, 0.3) is 0 Å². The van der Waals surface area contributed by atoms with Crippen molar-refractivity contribution in [2.45, 2.75) is 26.7 Å². The quantitative estimate of drug-likeness (QED) is 0.271. The molecule has 0 heterocycles. The van der Waals surface area contributed by atoms with E-state index < -0.39 is 10.9 Å². The van der Waals surface area contributed by atoms with Crippen molar-refractivity contribution >= 4 is 11.7 Å². The lowest BCUT2D eigenvalue weighted by Gasteiger charge is -2.04. The second-order valence-electron chi connectivity index (χ2n) is 3.55. The zero-order valence-corrected chi connectivity index (χ0v) is 10.2. The Bertz CT molecular complexity index is 526. The Hall–Kier alpha value is -2.35. The maximum Gasteiger partial charge on any atom is 0.308 e. The molecule has 0 aliphatic carbocycles. The summed E-state index contributed by atoms with van der Waals surface area (Å²) in [4.78, 5) is 21.3. The zero-order valence-electron chi connectivity index (χ0n) is 10.2. The standard InChI is InChI=1S/C13H13NO4/c1-3-4-5-7-11-12(14(16)17)8-6-9-13(11)18-10(2)15/h6,8-9H,3-4H2,1-2H3. The molecule has 5 heteroatoms. The number of carbonyl (C=O) groups is 1. The lowest BCUT2D eigenvalue weighted by molar-refractivity contribution is -0.385. The molecular weight excluding hydrogens is 234 g/mol. The molecular formula is C13H13NO4. The maximum absolute atomic E-state index is 10.9. The normalized spacial score (nSPS) is 9.22. The average molecular weight is 247 g/mol. The predicted molar refractivity (Wildman–Crippen MR) is 66.2 cm³/mol. The summed E-state index contributed by atoms with van der Waals surface area (Å²) in [5.74, 6) is 5.11. The Balaban J connectivity index is 3.26. The highest BCUT2D eigenvalue weighted by atomic mass is 16.6. The van der Waals surface area contributed by atoms with Crippen LogP contribution < -0.4 is 4.74 Å². The van der Waals surface area contributed by atoms with Crippen molar-refractivity contribution in [1.29, 1.82) is 0 Å². The van der Waals surface area contributed by atoms with Crippen LogP contribution in [-0.4, -0.2) is 10.9 Å². The van der Waals surface area contributed by atoms with Gasteiger partial charge in [0.2, 0.25) is 0 Å². The van der Waals surface area contributed by atoms with E-state index in [1.54, 1.807) is 0 Å². The van der Waals surface area contributed by atoms with Gasteiger partial charge in [0.05, 0.1) is 4.92 Å². The van der Waals surface area contributed by atoms with Crippen molar-refractivity contribution in [3.8, 4) is 17.6 Å². The van der Waals surface area contributed by atoms with E-state index in [1.807, 2.05) is 6.92 Å². The summed E-state index contributed by atoms with van der Waals surface area (Å²) < 4.78 is 4.92. The van der Waals surface area contributed by atoms with E-state index in [-0.39, 0.29) is 17.0 Å². The first-order valence-corrected chi connectivity index (χ1v) is 5.51. The first-order valence-electron chi connectivity index (χ1n) is 5.51. The number of carbonyl (C=O) groups excluding carboxylic acids is 1. The fourth-order valence-electron chi connectivity index (χ4n) is 1.31. The van der Waals surface area contributed by atoms with Crippen molar-refractivity contribution in [3.63, 3.8) is 0 Å². The summed E-state index contributed by atoms with van der Waals surface area (Å²) in [6.45, 7) is 3.20. The molecule has 0 bridgehead atoms. The molecule has 0 fully saturated rings. The number of hydrogen-bond acceptors (Lipinski definition) is 4. The van der Waals surface area contributed by atoms with Crippen molar-refractivity contribution in [2.24, 2.45) is 0 Å². The van der Waals surface area contributed by atoms with Gasteiger partial charge < -0.3 is 4.74 Å². The molecule has 18 heavy (non-hydrogen) atoms. The molecule has 0 aromatic heterocycles. The summed E-state index contributed by atoms with van der Waals surface area (Å²) in [5, 5.41) is 10.9. The second kappa shape index (κ2) is 6.40. The number of benzene rings is 1. The molecule has 1 aromatic rings. The molecule has 0 aliphatic rings. The van der Waals surface area contributed by atoms with E-state index in [2.05, 4.69) is 11.8 Å². The number of nitro groups is 1. The highest BCUT2D eigenvalue weighted by Crippen LogP contribution is 2.27. The highest BCUT2D eigenvalue weighted by molar-refractivity contribution is 5.72. The maximum atomic E-state index is 10.9. The number of rotatable bonds is 3. The topological polar surface area (TPSA) is 69.4 Å². The molecule has 0 saturated heterocycles. The minimum atomic E-state index is -0.539. The molecule has 0 unspecified atom stereocenters. The number of nitrogens with zero attached hydrogens (tertiary/aromatic N) is 1. The molecule has 0 atom stereocenters. The third-order valence-electron chi connectivity index (χ3n) is 2.04. The van der Waals surface area contributed by atoms with Gasteiger partial charge in [-0.3, -0.25) is 14.9 Å². The molecule has 0 spiro atoms. The third kappa shape index (κ3) is 3.59. The lowest BCUT2D eigenvalue weighted by Crippen LogP contribution is -2.04. The van der Waals surface area contributed by atoms with E-state index in [0.29, 0.717) is 6.42 Å². The molecule has 0 saturated carbocycles. The van der Waals surface area contributed by atoms with Gasteiger partial charge in [0.25, 0.3) is 5.69 Å². The fraction of sp³-hybridized carbons (Fsp3) is 0.308. The molecule has 0 aliphatic heterocycles. The van der Waals surface area contributed by atoms with Crippen LogP contribution in [0, 0.1) is 22.0 Å². The van der Waals surface area contributed by atoms with Crippen LogP contribution in [0.1, 0.15) is 32.3 Å². The van der Waals surface area contributed by atoms with Crippen LogP contribution >= 0.6 is 0 Å². The van der Waals surface area contributed by atoms with E-state index in [0.717, 1.165) is 6.42 Å². The summed E-state index contributed by atoms with van der Waals surface area (Å²) in [7, 11) is 0. The first kappa shape index (κ1) is 13.7. The number of esters is 1. The lowest BCUT2D eigenvalue weighted by atomic mass is 10.1. The molecule has 94 valence electrons. The number of hydrogen-bond donors (Lipinski definition) is 0. The van der Waals surface area contributed by atoms with Gasteiger partial charge in [-0.1, -0.05) is 24.8 Å². The Labute approximate surface area is 105 Å². The minimum absolute atomic E-state index is 0.125. The van der Waals surface area contributed by atoms with E-state index in [9.17, 15) is 14.9 Å². The monoisotopic (exact) mass is 247 g/mol. The predicted octanol–water partition coefficient (Wildman–Crippen LogP) is 2.67. The summed E-state index contributed by atoms with van der Waals surface area (Å²) in [5.41, 5.74) is -0.0106. The van der Waals surface area contributed by atoms with Crippen LogP contribution in [0.5, 0.6) is 5.75 Å². The van der Waals surface area contributed by atoms with Gasteiger partial charge in [-0.15, -0.1) is 0 Å². The smallest absolute Gasteiger partial charge is 0.308 e. The van der Waals surface area contributed by atoms with Gasteiger partial charge in [-0.2, -0.15) is 0 Å². The third-order valence-corrected chi connectivity index (χ3v) is 2.04. The molecule has 0 radical (unpaired) electrons. The molecule has 1 rings (SSSR count). The summed E-state index contributed by atoms with van der Waals surface area (Å²) in [6, 6.07) is 4.29. The Morgan fingerprint density at radius 1 is 1.50 bits per heavy atom. The first-order chi connectivity index (χ1) is 8.56. The van der Waals surface area contributed by atoms with Crippen molar-refractivity contribution < 1.29 is 14.5 Å². The number of nitro benzene ring substituents is 1. The molecule has 0 amide bonds. The van der Waals surface area contributed by atoms with E-state index in [1.165, 1.54) is 25.1 Å². The molecule has 5 nitrogen and oxygen atoms in total.